The number of halogens is 1. The van der Waals surface area contributed by atoms with Gasteiger partial charge in [0.05, 0.1) is 5.69 Å². The molecule has 19 heavy (non-hydrogen) atoms. The third-order valence-electron chi connectivity index (χ3n) is 3.29. The zero-order valence-corrected chi connectivity index (χ0v) is 10.4. The van der Waals surface area contributed by atoms with Crippen LogP contribution in [0, 0.1) is 5.82 Å². The minimum atomic E-state index is -0.339. The van der Waals surface area contributed by atoms with Gasteiger partial charge in [-0.1, -0.05) is 18.2 Å². The molecule has 0 aliphatic rings. The van der Waals surface area contributed by atoms with E-state index in [4.69, 9.17) is 0 Å². The largest absolute Gasteiger partial charge is 0.341 e. The maximum absolute atomic E-state index is 12.9. The van der Waals surface area contributed by atoms with E-state index >= 15 is 0 Å². The Hall–Kier alpha value is -2.42. The molecule has 0 bridgehead atoms. The maximum Gasteiger partial charge on any atom is 0.209 e. The van der Waals surface area contributed by atoms with Gasteiger partial charge in [-0.15, -0.1) is 0 Å². The number of fused-ring (bicyclic) bond motifs is 1. The van der Waals surface area contributed by atoms with E-state index in [1.54, 1.807) is 0 Å². The molecule has 0 radical (unpaired) electrons. The lowest BCUT2D eigenvalue weighted by molar-refractivity contribution is 0.103. The standard InChI is InChI=1S/C16H12FNO/c1-18-14-5-3-2-4-12(14)10-15(18)16(19)11-6-8-13(17)9-7-11/h2-10H,1H3. The average molecular weight is 253 g/mol. The van der Waals surface area contributed by atoms with E-state index in [-0.39, 0.29) is 11.6 Å². The highest BCUT2D eigenvalue weighted by Crippen LogP contribution is 2.20. The number of carbonyl (C=O) groups is 1. The molecule has 3 rings (SSSR count). The molecule has 94 valence electrons. The first kappa shape index (κ1) is 11.7. The van der Waals surface area contributed by atoms with Crippen molar-refractivity contribution in [2.75, 3.05) is 0 Å². The van der Waals surface area contributed by atoms with Crippen LogP contribution in [0.2, 0.25) is 0 Å². The van der Waals surface area contributed by atoms with E-state index in [2.05, 4.69) is 0 Å². The van der Waals surface area contributed by atoms with Crippen LogP contribution in [0.25, 0.3) is 10.9 Å². The molecule has 2 nitrogen and oxygen atoms in total. The van der Waals surface area contributed by atoms with Crippen LogP contribution in [-0.4, -0.2) is 10.4 Å². The lowest BCUT2D eigenvalue weighted by Crippen LogP contribution is -2.07. The number of hydrogen-bond acceptors (Lipinski definition) is 1. The summed E-state index contributed by atoms with van der Waals surface area (Å²) in [5.41, 5.74) is 2.10. The number of ketones is 1. The highest BCUT2D eigenvalue weighted by molar-refractivity contribution is 6.10. The number of rotatable bonds is 2. The van der Waals surface area contributed by atoms with E-state index in [9.17, 15) is 9.18 Å². The Morgan fingerprint density at radius 3 is 2.42 bits per heavy atom. The fraction of sp³-hybridized carbons (Fsp3) is 0.0625. The number of nitrogens with zero attached hydrogens (tertiary/aromatic N) is 1. The highest BCUT2D eigenvalue weighted by atomic mass is 19.1. The van der Waals surface area contributed by atoms with Crippen molar-refractivity contribution in [3.63, 3.8) is 0 Å². The number of carbonyl (C=O) groups excluding carboxylic acids is 1. The molecule has 3 heteroatoms. The first-order valence-corrected chi connectivity index (χ1v) is 6.01. The van der Waals surface area contributed by atoms with Crippen LogP contribution in [0.5, 0.6) is 0 Å². The lowest BCUT2D eigenvalue weighted by atomic mass is 10.1. The summed E-state index contributed by atoms with van der Waals surface area (Å²) in [7, 11) is 1.86. The summed E-state index contributed by atoms with van der Waals surface area (Å²) < 4.78 is 14.7. The zero-order valence-electron chi connectivity index (χ0n) is 10.4. The second-order valence-electron chi connectivity index (χ2n) is 4.48. The van der Waals surface area contributed by atoms with Crippen LogP contribution in [0.4, 0.5) is 4.39 Å². The van der Waals surface area contributed by atoms with Crippen molar-refractivity contribution >= 4 is 16.7 Å². The number of aromatic nitrogens is 1. The summed E-state index contributed by atoms with van der Waals surface area (Å²) in [5.74, 6) is -0.438. The minimum absolute atomic E-state index is 0.0984. The van der Waals surface area contributed by atoms with Crippen molar-refractivity contribution in [3.05, 3.63) is 71.7 Å². The molecule has 0 unspecified atom stereocenters. The summed E-state index contributed by atoms with van der Waals surface area (Å²) in [6, 6.07) is 15.3. The van der Waals surface area contributed by atoms with Crippen molar-refractivity contribution in [2.24, 2.45) is 7.05 Å². The zero-order chi connectivity index (χ0) is 13.4. The smallest absolute Gasteiger partial charge is 0.209 e. The molecule has 0 saturated carbocycles. The second kappa shape index (κ2) is 4.35. The summed E-state index contributed by atoms with van der Waals surface area (Å²) in [6.07, 6.45) is 0. The Labute approximate surface area is 110 Å². The molecule has 0 N–H and O–H groups in total. The highest BCUT2D eigenvalue weighted by Gasteiger charge is 2.14. The summed E-state index contributed by atoms with van der Waals surface area (Å²) in [4.78, 5) is 12.4. The van der Waals surface area contributed by atoms with Crippen LogP contribution >= 0.6 is 0 Å². The fourth-order valence-electron chi connectivity index (χ4n) is 2.26. The van der Waals surface area contributed by atoms with Crippen LogP contribution in [0.15, 0.2) is 54.6 Å². The summed E-state index contributed by atoms with van der Waals surface area (Å²) in [6.45, 7) is 0. The minimum Gasteiger partial charge on any atom is -0.341 e. The first-order valence-electron chi connectivity index (χ1n) is 6.01. The Balaban J connectivity index is 2.11. The molecular formula is C16H12FNO. The SMILES string of the molecule is Cn1c(C(=O)c2ccc(F)cc2)cc2ccccc21. The van der Waals surface area contributed by atoms with Crippen LogP contribution < -0.4 is 0 Å². The van der Waals surface area contributed by atoms with Gasteiger partial charge in [-0.2, -0.15) is 0 Å². The summed E-state index contributed by atoms with van der Waals surface area (Å²) >= 11 is 0. The molecule has 0 aliphatic heterocycles. The number of aryl methyl sites for hydroxylation is 1. The molecule has 0 fully saturated rings. The van der Waals surface area contributed by atoms with Crippen molar-refractivity contribution in [3.8, 4) is 0 Å². The second-order valence-corrected chi connectivity index (χ2v) is 4.48. The van der Waals surface area contributed by atoms with E-state index < -0.39 is 0 Å². The van der Waals surface area contributed by atoms with Gasteiger partial charge >= 0.3 is 0 Å². The van der Waals surface area contributed by atoms with Crippen molar-refractivity contribution in [1.82, 2.24) is 4.57 Å². The molecule has 2 aromatic carbocycles. The van der Waals surface area contributed by atoms with Gasteiger partial charge in [-0.25, -0.2) is 4.39 Å². The number of benzene rings is 2. The molecular weight excluding hydrogens is 241 g/mol. The van der Waals surface area contributed by atoms with Crippen LogP contribution in [0.3, 0.4) is 0 Å². The molecule has 1 heterocycles. The third-order valence-corrected chi connectivity index (χ3v) is 3.29. The lowest BCUT2D eigenvalue weighted by Gasteiger charge is -2.03. The number of hydrogen-bond donors (Lipinski definition) is 0. The molecule has 3 aromatic rings. The molecule has 0 atom stereocenters. The van der Waals surface area contributed by atoms with Gasteiger partial charge in [0.15, 0.2) is 0 Å². The van der Waals surface area contributed by atoms with E-state index in [1.807, 2.05) is 41.9 Å². The Kier molecular flexibility index (Phi) is 2.67. The van der Waals surface area contributed by atoms with Gasteiger partial charge in [0.2, 0.25) is 5.78 Å². The Bertz CT molecular complexity index is 756. The van der Waals surface area contributed by atoms with E-state index in [0.717, 1.165) is 10.9 Å². The van der Waals surface area contributed by atoms with Crippen LogP contribution in [0.1, 0.15) is 16.1 Å². The Morgan fingerprint density at radius 2 is 1.74 bits per heavy atom. The van der Waals surface area contributed by atoms with E-state index in [0.29, 0.717) is 11.3 Å². The fourth-order valence-corrected chi connectivity index (χ4v) is 2.26. The first-order chi connectivity index (χ1) is 9.16. The Morgan fingerprint density at radius 1 is 1.05 bits per heavy atom. The predicted molar refractivity (Wildman–Crippen MR) is 72.8 cm³/mol. The van der Waals surface area contributed by atoms with Crippen molar-refractivity contribution in [2.45, 2.75) is 0 Å². The third kappa shape index (κ3) is 1.93. The summed E-state index contributed by atoms with van der Waals surface area (Å²) in [5, 5.41) is 1.02. The monoisotopic (exact) mass is 253 g/mol. The predicted octanol–water partition coefficient (Wildman–Crippen LogP) is 3.55. The van der Waals surface area contributed by atoms with Gasteiger partial charge in [0.25, 0.3) is 0 Å². The van der Waals surface area contributed by atoms with Gasteiger partial charge in [-0.05, 0) is 36.4 Å². The average Bonchev–Trinajstić information content (AvgIpc) is 2.77. The molecule has 0 spiro atoms. The molecule has 0 amide bonds. The molecule has 1 aromatic heterocycles. The topological polar surface area (TPSA) is 22.0 Å². The van der Waals surface area contributed by atoms with Gasteiger partial charge < -0.3 is 4.57 Å². The normalized spacial score (nSPS) is 10.8. The molecule has 0 saturated heterocycles. The van der Waals surface area contributed by atoms with Gasteiger partial charge in [0, 0.05) is 23.5 Å². The maximum atomic E-state index is 12.9. The van der Waals surface area contributed by atoms with Crippen LogP contribution in [-0.2, 0) is 7.05 Å². The molecule has 0 aliphatic carbocycles. The van der Waals surface area contributed by atoms with Crippen molar-refractivity contribution < 1.29 is 9.18 Å². The van der Waals surface area contributed by atoms with Gasteiger partial charge in [-0.3, -0.25) is 4.79 Å². The van der Waals surface area contributed by atoms with E-state index in [1.165, 1.54) is 24.3 Å². The number of para-hydroxylation sites is 1. The van der Waals surface area contributed by atoms with Gasteiger partial charge in [0.1, 0.15) is 5.82 Å². The quantitative estimate of drug-likeness (QED) is 0.640. The van der Waals surface area contributed by atoms with Crippen molar-refractivity contribution in [1.29, 1.82) is 0 Å².